The zero-order chi connectivity index (χ0) is 26.2. The summed E-state index contributed by atoms with van der Waals surface area (Å²) in [6.45, 7) is 1.99. The molecule has 1 aromatic heterocycles. The predicted molar refractivity (Wildman–Crippen MR) is 153 cm³/mol. The van der Waals surface area contributed by atoms with Gasteiger partial charge in [0.1, 0.15) is 12.4 Å². The summed E-state index contributed by atoms with van der Waals surface area (Å²) in [6, 6.07) is 26.0. The molecule has 1 N–H and O–H groups in total. The van der Waals surface area contributed by atoms with Gasteiger partial charge in [-0.2, -0.15) is 5.10 Å². The van der Waals surface area contributed by atoms with Gasteiger partial charge in [-0.3, -0.25) is 14.5 Å². The van der Waals surface area contributed by atoms with Crippen molar-refractivity contribution in [3.63, 3.8) is 0 Å². The Hall–Kier alpha value is -3.55. The zero-order valence-electron chi connectivity index (χ0n) is 20.9. The highest BCUT2D eigenvalue weighted by Gasteiger charge is 2.38. The first-order valence-corrected chi connectivity index (χ1v) is 14.1. The number of rotatable bonds is 6. The minimum absolute atomic E-state index is 0.0756. The normalized spacial score (nSPS) is 17.2. The Labute approximate surface area is 231 Å². The number of nitrogens with one attached hydrogen (secondary N) is 1. The number of para-hydroxylation sites is 1. The number of anilines is 1. The summed E-state index contributed by atoms with van der Waals surface area (Å²) < 4.78 is 1.75. The highest BCUT2D eigenvalue weighted by molar-refractivity contribution is 8.00. The van der Waals surface area contributed by atoms with Crippen LogP contribution in [0.15, 0.2) is 78.9 Å². The van der Waals surface area contributed by atoms with E-state index in [9.17, 15) is 9.59 Å². The van der Waals surface area contributed by atoms with Gasteiger partial charge in [-0.05, 0) is 37.5 Å². The van der Waals surface area contributed by atoms with E-state index >= 15 is 0 Å². The van der Waals surface area contributed by atoms with E-state index in [4.69, 9.17) is 16.7 Å². The molecular weight excluding hydrogens is 516 g/mol. The van der Waals surface area contributed by atoms with Crippen molar-refractivity contribution in [1.29, 1.82) is 0 Å². The summed E-state index contributed by atoms with van der Waals surface area (Å²) in [7, 11) is 0. The molecule has 38 heavy (non-hydrogen) atoms. The van der Waals surface area contributed by atoms with Gasteiger partial charge in [-0.1, -0.05) is 83.9 Å². The fourth-order valence-corrected chi connectivity index (χ4v) is 6.26. The molecule has 2 amide bonds. The second-order valence-corrected chi connectivity index (χ2v) is 11.2. The van der Waals surface area contributed by atoms with Crippen molar-refractivity contribution < 1.29 is 9.59 Å². The second-order valence-electron chi connectivity index (χ2n) is 9.74. The number of hydrogen-bond acceptors (Lipinski definition) is 4. The van der Waals surface area contributed by atoms with Gasteiger partial charge in [0.25, 0.3) is 0 Å². The van der Waals surface area contributed by atoms with Crippen LogP contribution in [0.1, 0.15) is 34.8 Å². The number of thioether (sulfide) groups is 1. The van der Waals surface area contributed by atoms with Crippen LogP contribution in [0.5, 0.6) is 0 Å². The van der Waals surface area contributed by atoms with Crippen LogP contribution < -0.4 is 10.2 Å². The molecule has 192 valence electrons. The lowest BCUT2D eigenvalue weighted by atomic mass is 9.98. The van der Waals surface area contributed by atoms with Crippen LogP contribution in [0.3, 0.4) is 0 Å². The van der Waals surface area contributed by atoms with Gasteiger partial charge in [-0.15, -0.1) is 11.8 Å². The van der Waals surface area contributed by atoms with E-state index in [0.29, 0.717) is 16.5 Å². The minimum Gasteiger partial charge on any atom is -0.352 e. The summed E-state index contributed by atoms with van der Waals surface area (Å²) in [5, 5.41) is 8.47. The smallest absolute Gasteiger partial charge is 0.240 e. The van der Waals surface area contributed by atoms with Gasteiger partial charge >= 0.3 is 0 Å². The van der Waals surface area contributed by atoms with Crippen LogP contribution in [0.2, 0.25) is 5.02 Å². The number of aromatic nitrogens is 2. The van der Waals surface area contributed by atoms with Crippen molar-refractivity contribution in [3.05, 3.63) is 101 Å². The Bertz CT molecular complexity index is 1520. The van der Waals surface area contributed by atoms with Crippen molar-refractivity contribution in [2.45, 2.75) is 31.1 Å². The van der Waals surface area contributed by atoms with Gasteiger partial charge in [-0.25, -0.2) is 4.68 Å². The molecule has 0 saturated heterocycles. The first-order chi connectivity index (χ1) is 18.5. The number of aryl methyl sites for hydroxylation is 1. The third-order valence-electron chi connectivity index (χ3n) is 6.81. The molecule has 1 atom stereocenters. The monoisotopic (exact) mass is 542 g/mol. The molecule has 8 heteroatoms. The second kappa shape index (κ2) is 10.3. The molecule has 0 radical (unpaired) electrons. The van der Waals surface area contributed by atoms with Crippen LogP contribution in [-0.2, 0) is 9.59 Å². The fraction of sp³-hybridized carbons (Fsp3) is 0.233. The average molecular weight is 543 g/mol. The SMILES string of the molecule is Cc1cccc([C@H]2SCC(=O)N(CC(=O)NC3CC3)c3c2c(-c2ccccc2)nn3-c2ccccc2Cl)c1. The molecule has 4 aromatic rings. The summed E-state index contributed by atoms with van der Waals surface area (Å²) in [5.41, 5.74) is 5.48. The van der Waals surface area contributed by atoms with Gasteiger partial charge < -0.3 is 5.32 Å². The largest absolute Gasteiger partial charge is 0.352 e. The van der Waals surface area contributed by atoms with Crippen LogP contribution in [0, 0.1) is 6.92 Å². The summed E-state index contributed by atoms with van der Waals surface area (Å²) in [5.74, 6) is 0.523. The molecule has 2 heterocycles. The number of amides is 2. The zero-order valence-corrected chi connectivity index (χ0v) is 22.5. The molecule has 6 nitrogen and oxygen atoms in total. The number of benzene rings is 3. The van der Waals surface area contributed by atoms with Crippen molar-refractivity contribution >= 4 is 41.0 Å². The van der Waals surface area contributed by atoms with Gasteiger partial charge in [0.05, 0.1) is 27.4 Å². The van der Waals surface area contributed by atoms with Crippen molar-refractivity contribution in [1.82, 2.24) is 15.1 Å². The molecule has 1 fully saturated rings. The Morgan fingerprint density at radius 2 is 1.82 bits per heavy atom. The molecule has 2 aliphatic rings. The van der Waals surface area contributed by atoms with E-state index in [1.807, 2.05) is 60.7 Å². The van der Waals surface area contributed by atoms with E-state index in [0.717, 1.165) is 40.8 Å². The Kier molecular flexibility index (Phi) is 6.72. The predicted octanol–water partition coefficient (Wildman–Crippen LogP) is 5.95. The first kappa shape index (κ1) is 24.8. The Morgan fingerprint density at radius 1 is 1.05 bits per heavy atom. The fourth-order valence-electron chi connectivity index (χ4n) is 4.86. The lowest BCUT2D eigenvalue weighted by Crippen LogP contribution is -2.43. The molecule has 3 aromatic carbocycles. The van der Waals surface area contributed by atoms with Gasteiger partial charge in [0.15, 0.2) is 0 Å². The molecule has 1 aliphatic carbocycles. The summed E-state index contributed by atoms with van der Waals surface area (Å²) in [4.78, 5) is 28.4. The average Bonchev–Trinajstić information content (AvgIpc) is 3.67. The maximum Gasteiger partial charge on any atom is 0.240 e. The topological polar surface area (TPSA) is 67.2 Å². The Morgan fingerprint density at radius 3 is 2.55 bits per heavy atom. The minimum atomic E-state index is -0.170. The number of hydrogen-bond donors (Lipinski definition) is 1. The van der Waals surface area contributed by atoms with E-state index in [-0.39, 0.29) is 35.4 Å². The quantitative estimate of drug-likeness (QED) is 0.327. The molecule has 0 spiro atoms. The molecule has 6 rings (SSSR count). The number of fused-ring (bicyclic) bond motifs is 1. The summed E-state index contributed by atoms with van der Waals surface area (Å²) >= 11 is 8.26. The number of halogens is 1. The van der Waals surface area contributed by atoms with Crippen molar-refractivity contribution in [2.24, 2.45) is 0 Å². The lowest BCUT2D eigenvalue weighted by Gasteiger charge is -2.23. The molecule has 0 unspecified atom stereocenters. The number of carbonyl (C=O) groups is 2. The van der Waals surface area contributed by atoms with E-state index in [1.165, 1.54) is 0 Å². The highest BCUT2D eigenvalue weighted by atomic mass is 35.5. The Balaban J connectivity index is 1.62. The van der Waals surface area contributed by atoms with Crippen molar-refractivity contribution in [3.8, 4) is 16.9 Å². The first-order valence-electron chi connectivity index (χ1n) is 12.7. The van der Waals surface area contributed by atoms with Gasteiger partial charge in [0, 0.05) is 17.2 Å². The summed E-state index contributed by atoms with van der Waals surface area (Å²) in [6.07, 6.45) is 1.96. The standard InChI is InChI=1S/C30H27ClN4O2S/c1-19-8-7-11-21(16-19)29-27-28(20-9-3-2-4-10-20)33-35(24-13-6-5-12-23(24)31)30(27)34(26(37)18-38-29)17-25(36)32-22-14-15-22/h2-13,16,22,29H,14-15,17-18H2,1H3,(H,32,36)/t29-/m1/s1. The third-order valence-corrected chi connectivity index (χ3v) is 8.38. The third kappa shape index (κ3) is 4.84. The molecule has 0 bridgehead atoms. The van der Waals surface area contributed by atoms with Crippen LogP contribution in [0.4, 0.5) is 5.82 Å². The van der Waals surface area contributed by atoms with E-state index < -0.39 is 0 Å². The van der Waals surface area contributed by atoms with Crippen molar-refractivity contribution in [2.75, 3.05) is 17.2 Å². The maximum atomic E-state index is 13.7. The van der Waals surface area contributed by atoms with Crippen LogP contribution in [-0.4, -0.2) is 39.9 Å². The maximum absolute atomic E-state index is 13.7. The number of carbonyl (C=O) groups excluding carboxylic acids is 2. The van der Waals surface area contributed by atoms with E-state index in [1.54, 1.807) is 21.3 Å². The van der Waals surface area contributed by atoms with Gasteiger partial charge in [0.2, 0.25) is 11.8 Å². The molecular formula is C30H27ClN4O2S. The number of nitrogens with zero attached hydrogens (tertiary/aromatic N) is 3. The lowest BCUT2D eigenvalue weighted by molar-refractivity contribution is -0.123. The molecule has 1 aliphatic heterocycles. The van der Waals surface area contributed by atoms with Crippen LogP contribution in [0.25, 0.3) is 16.9 Å². The van der Waals surface area contributed by atoms with Crippen LogP contribution >= 0.6 is 23.4 Å². The molecule has 1 saturated carbocycles. The highest BCUT2D eigenvalue weighted by Crippen LogP contribution is 2.49. The van der Waals surface area contributed by atoms with E-state index in [2.05, 4.69) is 30.4 Å².